The minimum atomic E-state index is -0.503. The number of piperidine rings is 1. The van der Waals surface area contributed by atoms with Crippen LogP contribution in [0.25, 0.3) is 10.9 Å². The molecule has 0 aliphatic carbocycles. The van der Waals surface area contributed by atoms with Gasteiger partial charge in [-0.25, -0.2) is 14.4 Å². The molecule has 3 aromatic rings. The molecule has 134 valence electrons. The van der Waals surface area contributed by atoms with Gasteiger partial charge >= 0.3 is 6.01 Å². The van der Waals surface area contributed by atoms with Gasteiger partial charge in [0.05, 0.1) is 18.9 Å². The van der Waals surface area contributed by atoms with E-state index in [-0.39, 0.29) is 18.0 Å². The van der Waals surface area contributed by atoms with Gasteiger partial charge in [-0.05, 0) is 30.4 Å². The van der Waals surface area contributed by atoms with Crippen molar-refractivity contribution in [1.82, 2.24) is 19.4 Å². The molecule has 0 radical (unpaired) electrons. The van der Waals surface area contributed by atoms with Crippen molar-refractivity contribution in [2.75, 3.05) is 13.1 Å². The largest absolute Gasteiger partial charge is 0.458 e. The lowest BCUT2D eigenvalue weighted by atomic mass is 10.1. The smallest absolute Gasteiger partial charge is 0.316 e. The van der Waals surface area contributed by atoms with E-state index in [0.29, 0.717) is 19.6 Å². The quantitative estimate of drug-likeness (QED) is 0.723. The second-order valence-electron chi connectivity index (χ2n) is 6.41. The van der Waals surface area contributed by atoms with E-state index in [0.717, 1.165) is 36.1 Å². The second-order valence-corrected chi connectivity index (χ2v) is 6.41. The van der Waals surface area contributed by atoms with Crippen molar-refractivity contribution >= 4 is 16.8 Å². The number of ether oxygens (including phenoxy) is 1. The maximum atomic E-state index is 12.9. The number of benzene rings is 1. The molecule has 0 saturated carbocycles. The molecule has 1 aliphatic heterocycles. The molecule has 1 aromatic carbocycles. The highest BCUT2D eigenvalue weighted by Gasteiger charge is 2.25. The van der Waals surface area contributed by atoms with Crippen LogP contribution in [0.4, 0.5) is 4.39 Å². The molecular weight excluding hydrogens is 335 g/mol. The molecule has 26 heavy (non-hydrogen) atoms. The van der Waals surface area contributed by atoms with Gasteiger partial charge in [0.15, 0.2) is 5.82 Å². The minimum Gasteiger partial charge on any atom is -0.458 e. The number of amides is 1. The molecule has 1 aliphatic rings. The number of carbonyl (C=O) groups excluding carboxylic acids is 1. The third kappa shape index (κ3) is 3.51. The molecule has 0 bridgehead atoms. The molecule has 6 nitrogen and oxygen atoms in total. The predicted molar refractivity (Wildman–Crippen MR) is 94.2 cm³/mol. The van der Waals surface area contributed by atoms with Crippen LogP contribution in [0.3, 0.4) is 0 Å². The first-order valence-electron chi connectivity index (χ1n) is 8.65. The monoisotopic (exact) mass is 354 g/mol. The van der Waals surface area contributed by atoms with Gasteiger partial charge in [-0.2, -0.15) is 0 Å². The fraction of sp³-hybridized carbons (Fsp3) is 0.316. The lowest BCUT2D eigenvalue weighted by Crippen LogP contribution is -2.45. The number of aromatic nitrogens is 3. The second kappa shape index (κ2) is 7.11. The van der Waals surface area contributed by atoms with Gasteiger partial charge in [0.25, 0.3) is 0 Å². The summed E-state index contributed by atoms with van der Waals surface area (Å²) in [5.74, 6) is -0.448. The van der Waals surface area contributed by atoms with E-state index in [4.69, 9.17) is 4.74 Å². The normalized spacial score (nSPS) is 17.4. The van der Waals surface area contributed by atoms with Gasteiger partial charge in [0, 0.05) is 18.3 Å². The number of fused-ring (bicyclic) bond motifs is 1. The van der Waals surface area contributed by atoms with Crippen molar-refractivity contribution in [3.63, 3.8) is 0 Å². The highest BCUT2D eigenvalue weighted by atomic mass is 19.1. The fourth-order valence-corrected chi connectivity index (χ4v) is 3.30. The van der Waals surface area contributed by atoms with E-state index in [9.17, 15) is 9.18 Å². The zero-order chi connectivity index (χ0) is 17.9. The topological polar surface area (TPSA) is 60.2 Å². The molecule has 0 spiro atoms. The Kier molecular flexibility index (Phi) is 4.51. The molecule has 1 atom stereocenters. The van der Waals surface area contributed by atoms with Crippen LogP contribution in [-0.4, -0.2) is 44.5 Å². The van der Waals surface area contributed by atoms with Crippen molar-refractivity contribution in [2.24, 2.45) is 0 Å². The van der Waals surface area contributed by atoms with Crippen molar-refractivity contribution in [3.8, 4) is 6.01 Å². The number of nitrogens with zero attached hydrogens (tertiary/aromatic N) is 4. The first-order valence-corrected chi connectivity index (χ1v) is 8.65. The Morgan fingerprint density at radius 2 is 2.04 bits per heavy atom. The van der Waals surface area contributed by atoms with E-state index in [1.165, 1.54) is 0 Å². The number of rotatable bonds is 4. The van der Waals surface area contributed by atoms with E-state index in [2.05, 4.69) is 9.97 Å². The number of hydrogen-bond donors (Lipinski definition) is 0. The standard InChI is InChI=1S/C19H19FN4O2/c20-15-10-21-19(22-11-15)26-16-5-3-8-24(12-16)18(25)13-23-9-7-14-4-1-2-6-17(14)23/h1-2,4,6-7,9-11,16H,3,5,8,12-13H2. The van der Waals surface area contributed by atoms with Gasteiger partial charge in [0.1, 0.15) is 12.6 Å². The molecule has 0 N–H and O–H groups in total. The van der Waals surface area contributed by atoms with Crippen LogP contribution in [0.1, 0.15) is 12.8 Å². The minimum absolute atomic E-state index is 0.0553. The lowest BCUT2D eigenvalue weighted by molar-refractivity contribution is -0.134. The summed E-state index contributed by atoms with van der Waals surface area (Å²) >= 11 is 0. The third-order valence-electron chi connectivity index (χ3n) is 4.59. The Balaban J connectivity index is 1.40. The van der Waals surface area contributed by atoms with Crippen LogP contribution in [0.15, 0.2) is 48.9 Å². The zero-order valence-corrected chi connectivity index (χ0v) is 14.2. The molecule has 1 fully saturated rings. The number of halogens is 1. The first kappa shape index (κ1) is 16.5. The average molecular weight is 354 g/mol. The van der Waals surface area contributed by atoms with Gasteiger partial charge < -0.3 is 14.2 Å². The number of carbonyl (C=O) groups is 1. The van der Waals surface area contributed by atoms with Crippen LogP contribution >= 0.6 is 0 Å². The van der Waals surface area contributed by atoms with Crippen molar-refractivity contribution in [2.45, 2.75) is 25.5 Å². The SMILES string of the molecule is O=C(Cn1ccc2ccccc21)N1CCCC(Oc2ncc(F)cn2)C1. The van der Waals surface area contributed by atoms with Crippen LogP contribution < -0.4 is 4.74 Å². The maximum absolute atomic E-state index is 12.9. The summed E-state index contributed by atoms with van der Waals surface area (Å²) in [5, 5.41) is 1.12. The van der Waals surface area contributed by atoms with Crippen LogP contribution in [0.5, 0.6) is 6.01 Å². The Labute approximate surface area is 150 Å². The third-order valence-corrected chi connectivity index (χ3v) is 4.59. The molecule has 1 unspecified atom stereocenters. The van der Waals surface area contributed by atoms with Gasteiger partial charge in [-0.3, -0.25) is 4.79 Å². The van der Waals surface area contributed by atoms with Crippen LogP contribution in [0.2, 0.25) is 0 Å². The van der Waals surface area contributed by atoms with Gasteiger partial charge in [-0.1, -0.05) is 18.2 Å². The van der Waals surface area contributed by atoms with E-state index in [1.807, 2.05) is 46.0 Å². The Morgan fingerprint density at radius 1 is 1.23 bits per heavy atom. The summed E-state index contributed by atoms with van der Waals surface area (Å²) in [6.45, 7) is 1.49. The number of hydrogen-bond acceptors (Lipinski definition) is 4. The lowest BCUT2D eigenvalue weighted by Gasteiger charge is -2.32. The Hall–Kier alpha value is -2.96. The summed E-state index contributed by atoms with van der Waals surface area (Å²) in [6, 6.07) is 10.1. The zero-order valence-electron chi connectivity index (χ0n) is 14.2. The molecule has 4 rings (SSSR count). The predicted octanol–water partition coefficient (Wildman–Crippen LogP) is 2.64. The summed E-state index contributed by atoms with van der Waals surface area (Å²) < 4.78 is 20.6. The van der Waals surface area contributed by atoms with Gasteiger partial charge in [0.2, 0.25) is 5.91 Å². The van der Waals surface area contributed by atoms with Crippen LogP contribution in [0, 0.1) is 5.82 Å². The number of para-hydroxylation sites is 1. The summed E-state index contributed by atoms with van der Waals surface area (Å²) in [6.07, 6.45) is 5.57. The molecular formula is C19H19FN4O2. The fourth-order valence-electron chi connectivity index (χ4n) is 3.30. The molecule has 1 amide bonds. The van der Waals surface area contributed by atoms with Crippen LogP contribution in [-0.2, 0) is 11.3 Å². The summed E-state index contributed by atoms with van der Waals surface area (Å²) in [5.41, 5.74) is 1.05. The Bertz CT molecular complexity index is 909. The average Bonchev–Trinajstić information content (AvgIpc) is 3.07. The van der Waals surface area contributed by atoms with E-state index >= 15 is 0 Å². The first-order chi connectivity index (χ1) is 12.7. The van der Waals surface area contributed by atoms with Crippen molar-refractivity contribution in [3.05, 3.63) is 54.7 Å². The van der Waals surface area contributed by atoms with E-state index in [1.54, 1.807) is 0 Å². The molecule has 2 aromatic heterocycles. The molecule has 1 saturated heterocycles. The highest BCUT2D eigenvalue weighted by molar-refractivity contribution is 5.83. The van der Waals surface area contributed by atoms with Crippen molar-refractivity contribution in [1.29, 1.82) is 0 Å². The van der Waals surface area contributed by atoms with Gasteiger partial charge in [-0.15, -0.1) is 0 Å². The number of likely N-dealkylation sites (tertiary alicyclic amines) is 1. The van der Waals surface area contributed by atoms with Crippen molar-refractivity contribution < 1.29 is 13.9 Å². The highest BCUT2D eigenvalue weighted by Crippen LogP contribution is 2.18. The summed E-state index contributed by atoms with van der Waals surface area (Å²) in [7, 11) is 0. The molecule has 3 heterocycles. The molecule has 7 heteroatoms. The summed E-state index contributed by atoms with van der Waals surface area (Å²) in [4.78, 5) is 22.2. The maximum Gasteiger partial charge on any atom is 0.316 e. The Morgan fingerprint density at radius 3 is 2.88 bits per heavy atom. The van der Waals surface area contributed by atoms with E-state index < -0.39 is 5.82 Å².